The summed E-state index contributed by atoms with van der Waals surface area (Å²) in [6.45, 7) is -0.859. The summed E-state index contributed by atoms with van der Waals surface area (Å²) in [5.74, 6) is 0. The van der Waals surface area contributed by atoms with Gasteiger partial charge in [-0.25, -0.2) is 13.6 Å². The summed E-state index contributed by atoms with van der Waals surface area (Å²) in [7, 11) is 1.41. The van der Waals surface area contributed by atoms with Gasteiger partial charge in [-0.05, 0) is 22.6 Å². The number of alkyl halides is 2. The van der Waals surface area contributed by atoms with Crippen LogP contribution in [-0.2, 0) is 13.6 Å². The maximum Gasteiger partial charge on any atom is 0.330 e. The lowest BCUT2D eigenvalue weighted by Crippen LogP contribution is -2.41. The first-order valence-corrected chi connectivity index (χ1v) is 4.75. The van der Waals surface area contributed by atoms with Gasteiger partial charge in [-0.3, -0.25) is 9.36 Å². The van der Waals surface area contributed by atoms with Gasteiger partial charge in [0.25, 0.3) is 12.0 Å². The molecule has 0 unspecified atom stereocenters. The molecule has 1 aromatic rings. The SMILES string of the molecule is Cn1cc(I)c(=O)n(CC(F)F)c1=O. The fourth-order valence-corrected chi connectivity index (χ4v) is 1.69. The van der Waals surface area contributed by atoms with Crippen molar-refractivity contribution in [2.75, 3.05) is 0 Å². The molecular formula is C7H7F2IN2O2. The zero-order chi connectivity index (χ0) is 10.9. The van der Waals surface area contributed by atoms with Crippen LogP contribution >= 0.6 is 22.6 Å². The lowest BCUT2D eigenvalue weighted by atomic mass is 10.5. The molecule has 0 N–H and O–H groups in total. The first kappa shape index (κ1) is 11.3. The number of nitrogens with zero attached hydrogens (tertiary/aromatic N) is 2. The van der Waals surface area contributed by atoms with Gasteiger partial charge in [-0.2, -0.15) is 0 Å². The zero-order valence-electron chi connectivity index (χ0n) is 7.21. The molecule has 0 atom stereocenters. The van der Waals surface area contributed by atoms with E-state index >= 15 is 0 Å². The highest BCUT2D eigenvalue weighted by Gasteiger charge is 2.12. The molecule has 0 bridgehead atoms. The Labute approximate surface area is 91.3 Å². The smallest absolute Gasteiger partial charge is 0.302 e. The largest absolute Gasteiger partial charge is 0.330 e. The molecule has 0 aliphatic rings. The molecule has 0 fully saturated rings. The van der Waals surface area contributed by atoms with Crippen LogP contribution in [0.2, 0.25) is 0 Å². The molecule has 4 nitrogen and oxygen atoms in total. The predicted octanol–water partition coefficient (Wildman–Crippen LogP) is 0.417. The molecular weight excluding hydrogens is 309 g/mol. The molecule has 1 aromatic heterocycles. The molecule has 14 heavy (non-hydrogen) atoms. The summed E-state index contributed by atoms with van der Waals surface area (Å²) in [6.07, 6.45) is -1.40. The van der Waals surface area contributed by atoms with Crippen LogP contribution in [0, 0.1) is 3.57 Å². The fourth-order valence-electron chi connectivity index (χ4n) is 0.986. The van der Waals surface area contributed by atoms with E-state index in [1.807, 2.05) is 0 Å². The van der Waals surface area contributed by atoms with Gasteiger partial charge in [0.05, 0.1) is 10.1 Å². The highest BCUT2D eigenvalue weighted by molar-refractivity contribution is 14.1. The number of halogens is 3. The number of aryl methyl sites for hydroxylation is 1. The van der Waals surface area contributed by atoms with E-state index in [9.17, 15) is 18.4 Å². The minimum Gasteiger partial charge on any atom is -0.302 e. The molecule has 1 rings (SSSR count). The summed E-state index contributed by atoms with van der Waals surface area (Å²) in [5.41, 5.74) is -1.40. The summed E-state index contributed by atoms with van der Waals surface area (Å²) >= 11 is 1.70. The lowest BCUT2D eigenvalue weighted by molar-refractivity contribution is 0.122. The molecule has 0 aromatic carbocycles. The molecule has 0 aliphatic carbocycles. The van der Waals surface area contributed by atoms with E-state index in [1.54, 1.807) is 22.6 Å². The van der Waals surface area contributed by atoms with Crippen LogP contribution in [-0.4, -0.2) is 15.6 Å². The Morgan fingerprint density at radius 2 is 2.07 bits per heavy atom. The van der Waals surface area contributed by atoms with Crippen LogP contribution in [0.1, 0.15) is 0 Å². The van der Waals surface area contributed by atoms with Gasteiger partial charge in [0.1, 0.15) is 0 Å². The number of aromatic nitrogens is 2. The molecule has 0 saturated carbocycles. The monoisotopic (exact) mass is 316 g/mol. The van der Waals surface area contributed by atoms with E-state index in [2.05, 4.69) is 0 Å². The van der Waals surface area contributed by atoms with E-state index in [1.165, 1.54) is 13.2 Å². The maximum atomic E-state index is 12.0. The highest BCUT2D eigenvalue weighted by Crippen LogP contribution is 1.96. The van der Waals surface area contributed by atoms with E-state index in [-0.39, 0.29) is 3.57 Å². The van der Waals surface area contributed by atoms with Crippen molar-refractivity contribution >= 4 is 22.6 Å². The average Bonchev–Trinajstić information content (AvgIpc) is 2.09. The van der Waals surface area contributed by atoms with Gasteiger partial charge in [-0.1, -0.05) is 0 Å². The quantitative estimate of drug-likeness (QED) is 0.742. The molecule has 1 heterocycles. The molecule has 0 aliphatic heterocycles. The highest BCUT2D eigenvalue weighted by atomic mass is 127. The van der Waals surface area contributed by atoms with E-state index in [0.717, 1.165) is 4.57 Å². The second-order valence-electron chi connectivity index (χ2n) is 2.68. The van der Waals surface area contributed by atoms with Gasteiger partial charge in [0.2, 0.25) is 0 Å². The minimum absolute atomic E-state index is 0.241. The number of rotatable bonds is 2. The first-order valence-electron chi connectivity index (χ1n) is 3.67. The van der Waals surface area contributed by atoms with Crippen molar-refractivity contribution in [3.8, 4) is 0 Å². The Morgan fingerprint density at radius 1 is 1.50 bits per heavy atom. The second-order valence-corrected chi connectivity index (χ2v) is 3.84. The maximum absolute atomic E-state index is 12.0. The summed E-state index contributed by atoms with van der Waals surface area (Å²) in [4.78, 5) is 22.6. The van der Waals surface area contributed by atoms with Crippen LogP contribution in [0.25, 0.3) is 0 Å². The minimum atomic E-state index is -2.71. The van der Waals surface area contributed by atoms with Crippen molar-refractivity contribution in [2.45, 2.75) is 13.0 Å². The Hall–Kier alpha value is -0.730. The van der Waals surface area contributed by atoms with Crippen molar-refractivity contribution in [1.29, 1.82) is 0 Å². The average molecular weight is 316 g/mol. The van der Waals surface area contributed by atoms with Gasteiger partial charge in [0, 0.05) is 13.2 Å². The van der Waals surface area contributed by atoms with E-state index in [0.29, 0.717) is 4.57 Å². The number of hydrogen-bond donors (Lipinski definition) is 0. The molecule has 0 spiro atoms. The Balaban J connectivity index is 3.40. The summed E-state index contributed by atoms with van der Waals surface area (Å²) in [6, 6.07) is 0. The van der Waals surface area contributed by atoms with Crippen molar-refractivity contribution in [3.63, 3.8) is 0 Å². The molecule has 78 valence electrons. The fraction of sp³-hybridized carbons (Fsp3) is 0.429. The van der Waals surface area contributed by atoms with Crippen molar-refractivity contribution < 1.29 is 8.78 Å². The zero-order valence-corrected chi connectivity index (χ0v) is 9.36. The molecule has 0 amide bonds. The van der Waals surface area contributed by atoms with Crippen LogP contribution in [0.15, 0.2) is 15.8 Å². The first-order chi connectivity index (χ1) is 6.43. The second kappa shape index (κ2) is 4.20. The van der Waals surface area contributed by atoms with Gasteiger partial charge in [0.15, 0.2) is 0 Å². The normalized spacial score (nSPS) is 10.9. The van der Waals surface area contributed by atoms with Gasteiger partial charge < -0.3 is 4.57 Å². The summed E-state index contributed by atoms with van der Waals surface area (Å²) < 4.78 is 25.9. The molecule has 0 saturated heterocycles. The third-order valence-electron chi connectivity index (χ3n) is 1.61. The standard InChI is InChI=1S/C7H7F2IN2O2/c1-11-2-4(10)6(13)12(7(11)14)3-5(8)9/h2,5H,3H2,1H3. The van der Waals surface area contributed by atoms with Gasteiger partial charge in [-0.15, -0.1) is 0 Å². The van der Waals surface area contributed by atoms with Crippen LogP contribution < -0.4 is 11.2 Å². The van der Waals surface area contributed by atoms with Crippen LogP contribution in [0.5, 0.6) is 0 Å². The van der Waals surface area contributed by atoms with Crippen molar-refractivity contribution in [1.82, 2.24) is 9.13 Å². The third kappa shape index (κ3) is 2.20. The van der Waals surface area contributed by atoms with Crippen LogP contribution in [0.3, 0.4) is 0 Å². The molecule has 7 heteroatoms. The Kier molecular flexibility index (Phi) is 3.40. The Morgan fingerprint density at radius 3 is 2.57 bits per heavy atom. The van der Waals surface area contributed by atoms with E-state index < -0.39 is 24.2 Å². The number of hydrogen-bond acceptors (Lipinski definition) is 2. The third-order valence-corrected chi connectivity index (χ3v) is 2.35. The van der Waals surface area contributed by atoms with Crippen molar-refractivity contribution in [2.24, 2.45) is 7.05 Å². The van der Waals surface area contributed by atoms with Crippen molar-refractivity contribution in [3.05, 3.63) is 30.6 Å². The summed E-state index contributed by atoms with van der Waals surface area (Å²) in [5, 5.41) is 0. The topological polar surface area (TPSA) is 44.0 Å². The Bertz CT molecular complexity index is 418. The molecule has 0 radical (unpaired) electrons. The van der Waals surface area contributed by atoms with E-state index in [4.69, 9.17) is 0 Å². The predicted molar refractivity (Wildman–Crippen MR) is 54.7 cm³/mol. The van der Waals surface area contributed by atoms with Crippen LogP contribution in [0.4, 0.5) is 8.78 Å². The lowest BCUT2D eigenvalue weighted by Gasteiger charge is -2.06. The van der Waals surface area contributed by atoms with Gasteiger partial charge >= 0.3 is 5.69 Å².